The highest BCUT2D eigenvalue weighted by atomic mass is 16.5. The van der Waals surface area contributed by atoms with Crippen LogP contribution in [0.15, 0.2) is 82.2 Å². The maximum absolute atomic E-state index is 11.4. The molecule has 152 valence electrons. The molecule has 0 aliphatic heterocycles. The maximum Gasteiger partial charge on any atom is 0.248 e. The van der Waals surface area contributed by atoms with Crippen molar-refractivity contribution < 1.29 is 13.9 Å². The zero-order chi connectivity index (χ0) is 21.4. The van der Waals surface area contributed by atoms with E-state index in [0.717, 1.165) is 16.4 Å². The number of carbonyl (C=O) groups is 1. The van der Waals surface area contributed by atoms with Gasteiger partial charge in [-0.15, -0.1) is 0 Å². The summed E-state index contributed by atoms with van der Waals surface area (Å²) in [5.74, 6) is 0.844. The summed E-state index contributed by atoms with van der Waals surface area (Å²) in [5, 5.41) is 0.888. The predicted octanol–water partition coefficient (Wildman–Crippen LogP) is 4.32. The molecule has 0 saturated heterocycles. The van der Waals surface area contributed by atoms with Crippen molar-refractivity contribution in [3.05, 3.63) is 83.9 Å². The minimum Gasteiger partial charge on any atom is -0.497 e. The average molecular weight is 410 g/mol. The van der Waals surface area contributed by atoms with Crippen molar-refractivity contribution in [2.75, 3.05) is 7.11 Å². The normalized spacial score (nSPS) is 11.8. The van der Waals surface area contributed by atoms with E-state index >= 15 is 0 Å². The SMILES string of the molecule is COc1ccc2cc(-c3nc4ccccc4[nH]3)c(=Nc3ccc(C(N)=O)cc3)oc2c1. The molecule has 0 aliphatic rings. The maximum atomic E-state index is 11.4. The largest absolute Gasteiger partial charge is 0.497 e. The Balaban J connectivity index is 1.75. The number of H-pyrrole nitrogens is 1. The topological polar surface area (TPSA) is 106 Å². The van der Waals surface area contributed by atoms with Crippen LogP contribution in [0.2, 0.25) is 0 Å². The van der Waals surface area contributed by atoms with Crippen molar-refractivity contribution in [1.29, 1.82) is 0 Å². The van der Waals surface area contributed by atoms with E-state index in [1.807, 2.05) is 48.5 Å². The van der Waals surface area contributed by atoms with E-state index in [1.165, 1.54) is 0 Å². The molecule has 7 heteroatoms. The first-order valence-corrected chi connectivity index (χ1v) is 9.62. The van der Waals surface area contributed by atoms with Gasteiger partial charge in [-0.2, -0.15) is 0 Å². The number of aromatic amines is 1. The Morgan fingerprint density at radius 1 is 1.06 bits per heavy atom. The van der Waals surface area contributed by atoms with Gasteiger partial charge in [0.05, 0.1) is 29.4 Å². The third kappa shape index (κ3) is 3.53. The fraction of sp³-hybridized carbons (Fsp3) is 0.0417. The lowest BCUT2D eigenvalue weighted by Gasteiger charge is -2.05. The Labute approximate surface area is 176 Å². The summed E-state index contributed by atoms with van der Waals surface area (Å²) in [6.45, 7) is 0. The second-order valence-electron chi connectivity index (χ2n) is 6.99. The van der Waals surface area contributed by atoms with Crippen LogP contribution in [0.4, 0.5) is 5.69 Å². The van der Waals surface area contributed by atoms with Crippen molar-refractivity contribution in [2.45, 2.75) is 0 Å². The van der Waals surface area contributed by atoms with Gasteiger partial charge in [-0.1, -0.05) is 12.1 Å². The van der Waals surface area contributed by atoms with Crippen LogP contribution in [0.1, 0.15) is 10.4 Å². The molecule has 5 aromatic rings. The van der Waals surface area contributed by atoms with E-state index in [-0.39, 0.29) is 0 Å². The summed E-state index contributed by atoms with van der Waals surface area (Å²) in [4.78, 5) is 24.1. The number of ether oxygens (including phenoxy) is 1. The summed E-state index contributed by atoms with van der Waals surface area (Å²) in [6.07, 6.45) is 0. The van der Waals surface area contributed by atoms with Crippen LogP contribution in [0.25, 0.3) is 33.4 Å². The molecule has 0 radical (unpaired) electrons. The van der Waals surface area contributed by atoms with Gasteiger partial charge in [0, 0.05) is 17.0 Å². The van der Waals surface area contributed by atoms with Gasteiger partial charge < -0.3 is 19.9 Å². The second-order valence-corrected chi connectivity index (χ2v) is 6.99. The van der Waals surface area contributed by atoms with Gasteiger partial charge >= 0.3 is 0 Å². The highest BCUT2D eigenvalue weighted by Gasteiger charge is 2.12. The number of nitrogens with one attached hydrogen (secondary N) is 1. The van der Waals surface area contributed by atoms with Gasteiger partial charge in [-0.3, -0.25) is 4.79 Å². The van der Waals surface area contributed by atoms with Gasteiger partial charge in [0.1, 0.15) is 17.2 Å². The summed E-state index contributed by atoms with van der Waals surface area (Å²) in [6, 6.07) is 22.1. The number of carbonyl (C=O) groups excluding carboxylic acids is 1. The summed E-state index contributed by atoms with van der Waals surface area (Å²) in [7, 11) is 1.61. The predicted molar refractivity (Wildman–Crippen MR) is 118 cm³/mol. The van der Waals surface area contributed by atoms with Crippen molar-refractivity contribution in [1.82, 2.24) is 9.97 Å². The Hall–Kier alpha value is -4.39. The molecule has 0 bridgehead atoms. The van der Waals surface area contributed by atoms with Crippen LogP contribution in [0.5, 0.6) is 5.75 Å². The molecule has 0 fully saturated rings. The molecule has 31 heavy (non-hydrogen) atoms. The number of benzene rings is 3. The average Bonchev–Trinajstić information content (AvgIpc) is 3.22. The number of nitrogens with two attached hydrogens (primary N) is 1. The zero-order valence-electron chi connectivity index (χ0n) is 16.6. The first kappa shape index (κ1) is 18.6. The van der Waals surface area contributed by atoms with E-state index in [9.17, 15) is 4.79 Å². The molecule has 0 unspecified atom stereocenters. The Bertz CT molecular complexity index is 1460. The summed E-state index contributed by atoms with van der Waals surface area (Å²) < 4.78 is 11.5. The Kier molecular flexibility index (Phi) is 4.48. The van der Waals surface area contributed by atoms with Crippen molar-refractivity contribution >= 4 is 33.6 Å². The molecule has 2 heterocycles. The molecule has 0 spiro atoms. The van der Waals surface area contributed by atoms with Gasteiger partial charge in [-0.25, -0.2) is 9.98 Å². The van der Waals surface area contributed by atoms with Crippen molar-refractivity contribution in [3.63, 3.8) is 0 Å². The number of para-hydroxylation sites is 2. The zero-order valence-corrected chi connectivity index (χ0v) is 16.6. The second kappa shape index (κ2) is 7.46. The smallest absolute Gasteiger partial charge is 0.248 e. The van der Waals surface area contributed by atoms with Gasteiger partial charge in [0.25, 0.3) is 0 Å². The third-order valence-electron chi connectivity index (χ3n) is 4.98. The van der Waals surface area contributed by atoms with Crippen LogP contribution in [0, 0.1) is 0 Å². The number of rotatable bonds is 4. The van der Waals surface area contributed by atoms with Crippen LogP contribution >= 0.6 is 0 Å². The first-order valence-electron chi connectivity index (χ1n) is 9.62. The van der Waals surface area contributed by atoms with Crippen LogP contribution in [-0.2, 0) is 0 Å². The van der Waals surface area contributed by atoms with Crippen molar-refractivity contribution in [3.8, 4) is 17.1 Å². The van der Waals surface area contributed by atoms with Gasteiger partial charge in [-0.05, 0) is 54.6 Å². The fourth-order valence-electron chi connectivity index (χ4n) is 3.38. The van der Waals surface area contributed by atoms with E-state index in [1.54, 1.807) is 31.4 Å². The minimum absolute atomic E-state index is 0.381. The number of hydrogen-bond donors (Lipinski definition) is 2. The molecular weight excluding hydrogens is 392 g/mol. The highest BCUT2D eigenvalue weighted by molar-refractivity contribution is 5.93. The monoisotopic (exact) mass is 410 g/mol. The lowest BCUT2D eigenvalue weighted by Crippen LogP contribution is -2.10. The molecule has 7 nitrogen and oxygen atoms in total. The fourth-order valence-corrected chi connectivity index (χ4v) is 3.38. The number of aromatic nitrogens is 2. The standard InChI is InChI=1S/C24H18N4O3/c1-30-17-11-8-15-12-18(23-27-19-4-2-3-5-20(19)28-23)24(31-21(15)13-17)26-16-9-6-14(7-10-16)22(25)29/h2-13H,1H3,(H2,25,29)(H,27,28). The van der Waals surface area contributed by atoms with E-state index in [2.05, 4.69) is 9.98 Å². The van der Waals surface area contributed by atoms with E-state index in [4.69, 9.17) is 19.9 Å². The molecule has 3 N–H and O–H groups in total. The molecule has 5 rings (SSSR count). The minimum atomic E-state index is -0.489. The van der Waals surface area contributed by atoms with Gasteiger partial charge in [0.2, 0.25) is 11.5 Å². The number of hydrogen-bond acceptors (Lipinski definition) is 5. The lowest BCUT2D eigenvalue weighted by atomic mass is 10.1. The van der Waals surface area contributed by atoms with Crippen LogP contribution in [-0.4, -0.2) is 23.0 Å². The van der Waals surface area contributed by atoms with Crippen LogP contribution in [0.3, 0.4) is 0 Å². The number of methoxy groups -OCH3 is 1. The molecule has 0 aliphatic carbocycles. The summed E-state index contributed by atoms with van der Waals surface area (Å²) >= 11 is 0. The third-order valence-corrected chi connectivity index (χ3v) is 4.98. The van der Waals surface area contributed by atoms with Gasteiger partial charge in [0.15, 0.2) is 0 Å². The molecular formula is C24H18N4O3. The van der Waals surface area contributed by atoms with Crippen LogP contribution < -0.4 is 16.0 Å². The number of primary amides is 1. The number of nitrogens with zero attached hydrogens (tertiary/aromatic N) is 2. The number of amides is 1. The molecule has 1 amide bonds. The Morgan fingerprint density at radius 3 is 2.61 bits per heavy atom. The van der Waals surface area contributed by atoms with Crippen molar-refractivity contribution in [2.24, 2.45) is 10.7 Å². The summed E-state index contributed by atoms with van der Waals surface area (Å²) in [5.41, 5.74) is 9.86. The molecule has 0 saturated carbocycles. The number of fused-ring (bicyclic) bond motifs is 2. The van der Waals surface area contributed by atoms with E-state index in [0.29, 0.717) is 39.5 Å². The van der Waals surface area contributed by atoms with E-state index < -0.39 is 5.91 Å². The lowest BCUT2D eigenvalue weighted by molar-refractivity contribution is 0.100. The first-order chi connectivity index (χ1) is 15.1. The number of imidazole rings is 1. The molecule has 3 aromatic carbocycles. The molecule has 0 atom stereocenters. The quantitative estimate of drug-likeness (QED) is 0.460. The molecule has 2 aromatic heterocycles. The Morgan fingerprint density at radius 2 is 1.87 bits per heavy atom. The highest BCUT2D eigenvalue weighted by Crippen LogP contribution is 2.25.